The van der Waals surface area contributed by atoms with Gasteiger partial charge in [0.15, 0.2) is 0 Å². The first-order valence-electron chi connectivity index (χ1n) is 5.23. The summed E-state index contributed by atoms with van der Waals surface area (Å²) >= 11 is 0. The van der Waals surface area contributed by atoms with Gasteiger partial charge in [-0.3, -0.25) is 0 Å². The van der Waals surface area contributed by atoms with Crippen molar-refractivity contribution in [1.29, 1.82) is 0 Å². The number of rotatable bonds is 4. The highest BCUT2D eigenvalue weighted by molar-refractivity contribution is 5.58. The van der Waals surface area contributed by atoms with E-state index in [1.54, 1.807) is 0 Å². The molecular weight excluding hydrogens is 172 g/mol. The van der Waals surface area contributed by atoms with E-state index in [1.807, 2.05) is 0 Å². The second-order valence-electron chi connectivity index (χ2n) is 3.74. The zero-order chi connectivity index (χ0) is 10.6. The van der Waals surface area contributed by atoms with Gasteiger partial charge in [0.1, 0.15) is 0 Å². The Bertz CT molecular complexity index is 282. The quantitative estimate of drug-likeness (QED) is 0.769. The number of hydrogen-bond donors (Lipinski definition) is 2. The molecule has 0 radical (unpaired) electrons. The topological polar surface area (TPSA) is 38.0 Å². The normalized spacial score (nSPS) is 10.3. The van der Waals surface area contributed by atoms with Gasteiger partial charge in [-0.2, -0.15) is 0 Å². The van der Waals surface area contributed by atoms with Crippen molar-refractivity contribution < 1.29 is 0 Å². The van der Waals surface area contributed by atoms with Gasteiger partial charge in [-0.25, -0.2) is 0 Å². The van der Waals surface area contributed by atoms with Crippen LogP contribution in [0.1, 0.15) is 30.0 Å². The second kappa shape index (κ2) is 5.01. The van der Waals surface area contributed by atoms with E-state index in [0.29, 0.717) is 6.54 Å². The molecule has 0 aliphatic rings. The van der Waals surface area contributed by atoms with Crippen molar-refractivity contribution in [1.82, 2.24) is 0 Å². The molecule has 0 heterocycles. The molecule has 0 spiro atoms. The van der Waals surface area contributed by atoms with Gasteiger partial charge in [0.2, 0.25) is 0 Å². The molecule has 78 valence electrons. The van der Waals surface area contributed by atoms with Gasteiger partial charge in [0, 0.05) is 18.8 Å². The Kier molecular flexibility index (Phi) is 3.96. The molecule has 0 aromatic heterocycles. The fraction of sp³-hybridized carbons (Fsp3) is 0.500. The Hall–Kier alpha value is -1.02. The van der Waals surface area contributed by atoms with E-state index in [4.69, 9.17) is 5.73 Å². The molecule has 14 heavy (non-hydrogen) atoms. The van der Waals surface area contributed by atoms with E-state index in [0.717, 1.165) is 13.0 Å². The van der Waals surface area contributed by atoms with Crippen LogP contribution in [-0.2, 0) is 6.54 Å². The van der Waals surface area contributed by atoms with E-state index in [1.165, 1.54) is 22.4 Å². The van der Waals surface area contributed by atoms with Crippen LogP contribution >= 0.6 is 0 Å². The summed E-state index contributed by atoms with van der Waals surface area (Å²) in [7, 11) is 0. The molecule has 0 atom stereocenters. The minimum atomic E-state index is 0.621. The minimum absolute atomic E-state index is 0.621. The highest BCUT2D eigenvalue weighted by Gasteiger charge is 2.03. The molecule has 1 aromatic rings. The van der Waals surface area contributed by atoms with Crippen molar-refractivity contribution in [2.45, 2.75) is 33.7 Å². The summed E-state index contributed by atoms with van der Waals surface area (Å²) in [5.74, 6) is 0. The molecule has 0 saturated heterocycles. The number of hydrogen-bond acceptors (Lipinski definition) is 2. The van der Waals surface area contributed by atoms with Crippen molar-refractivity contribution in [3.05, 3.63) is 28.8 Å². The Morgan fingerprint density at radius 1 is 1.21 bits per heavy atom. The van der Waals surface area contributed by atoms with Crippen molar-refractivity contribution in [2.24, 2.45) is 5.73 Å². The third kappa shape index (κ3) is 2.48. The van der Waals surface area contributed by atoms with Crippen LogP contribution in [0.5, 0.6) is 0 Å². The van der Waals surface area contributed by atoms with Crippen LogP contribution in [0.15, 0.2) is 12.1 Å². The van der Waals surface area contributed by atoms with Crippen molar-refractivity contribution in [3.63, 3.8) is 0 Å². The fourth-order valence-electron chi connectivity index (χ4n) is 1.70. The first-order valence-corrected chi connectivity index (χ1v) is 5.23. The largest absolute Gasteiger partial charge is 0.385 e. The Labute approximate surface area is 86.5 Å². The third-order valence-corrected chi connectivity index (χ3v) is 2.38. The molecule has 0 saturated carbocycles. The summed E-state index contributed by atoms with van der Waals surface area (Å²) in [6.07, 6.45) is 1.15. The van der Waals surface area contributed by atoms with Gasteiger partial charge in [-0.15, -0.1) is 0 Å². The van der Waals surface area contributed by atoms with Gasteiger partial charge in [0.05, 0.1) is 0 Å². The standard InChI is InChI=1S/C12H20N2/c1-4-5-14-12-9(2)6-11(8-13)7-10(12)3/h6-7,14H,4-5,8,13H2,1-3H3. The minimum Gasteiger partial charge on any atom is -0.385 e. The average Bonchev–Trinajstić information content (AvgIpc) is 2.16. The predicted octanol–water partition coefficient (Wildman–Crippen LogP) is 2.58. The summed E-state index contributed by atoms with van der Waals surface area (Å²) in [5, 5.41) is 3.44. The van der Waals surface area contributed by atoms with Crippen LogP contribution in [0, 0.1) is 13.8 Å². The molecular formula is C12H20N2. The van der Waals surface area contributed by atoms with Crippen LogP contribution in [0.25, 0.3) is 0 Å². The summed E-state index contributed by atoms with van der Waals surface area (Å²) in [6, 6.07) is 4.32. The number of nitrogens with one attached hydrogen (secondary N) is 1. The highest BCUT2D eigenvalue weighted by atomic mass is 14.9. The SMILES string of the molecule is CCCNc1c(C)cc(CN)cc1C. The van der Waals surface area contributed by atoms with E-state index in [9.17, 15) is 0 Å². The molecule has 0 unspecified atom stereocenters. The lowest BCUT2D eigenvalue weighted by molar-refractivity contribution is 0.972. The Morgan fingerprint density at radius 2 is 1.79 bits per heavy atom. The molecule has 2 heteroatoms. The molecule has 1 rings (SSSR count). The van der Waals surface area contributed by atoms with E-state index >= 15 is 0 Å². The summed E-state index contributed by atoms with van der Waals surface area (Å²) in [6.45, 7) is 8.08. The second-order valence-corrected chi connectivity index (χ2v) is 3.74. The first kappa shape index (κ1) is 11.1. The van der Waals surface area contributed by atoms with Gasteiger partial charge in [0.25, 0.3) is 0 Å². The lowest BCUT2D eigenvalue weighted by atomic mass is 10.0. The molecule has 0 aliphatic heterocycles. The van der Waals surface area contributed by atoms with E-state index < -0.39 is 0 Å². The summed E-state index contributed by atoms with van der Waals surface area (Å²) in [4.78, 5) is 0. The monoisotopic (exact) mass is 192 g/mol. The maximum atomic E-state index is 5.62. The molecule has 0 bridgehead atoms. The average molecular weight is 192 g/mol. The maximum Gasteiger partial charge on any atom is 0.0399 e. The zero-order valence-corrected chi connectivity index (χ0v) is 9.35. The van der Waals surface area contributed by atoms with Crippen LogP contribution < -0.4 is 11.1 Å². The van der Waals surface area contributed by atoms with Crippen LogP contribution in [-0.4, -0.2) is 6.54 Å². The summed E-state index contributed by atoms with van der Waals surface area (Å²) < 4.78 is 0. The van der Waals surface area contributed by atoms with E-state index in [-0.39, 0.29) is 0 Å². The molecule has 0 aliphatic carbocycles. The molecule has 0 fully saturated rings. The molecule has 1 aromatic carbocycles. The highest BCUT2D eigenvalue weighted by Crippen LogP contribution is 2.21. The maximum absolute atomic E-state index is 5.62. The van der Waals surface area contributed by atoms with Gasteiger partial charge in [-0.1, -0.05) is 19.1 Å². The fourth-order valence-corrected chi connectivity index (χ4v) is 1.70. The van der Waals surface area contributed by atoms with E-state index in [2.05, 4.69) is 38.2 Å². The Morgan fingerprint density at radius 3 is 2.21 bits per heavy atom. The zero-order valence-electron chi connectivity index (χ0n) is 9.35. The number of anilines is 1. The molecule has 2 nitrogen and oxygen atoms in total. The van der Waals surface area contributed by atoms with Gasteiger partial charge < -0.3 is 11.1 Å². The first-order chi connectivity index (χ1) is 6.69. The van der Waals surface area contributed by atoms with Gasteiger partial charge >= 0.3 is 0 Å². The lowest BCUT2D eigenvalue weighted by Gasteiger charge is -2.13. The molecule has 3 N–H and O–H groups in total. The predicted molar refractivity (Wildman–Crippen MR) is 62.6 cm³/mol. The lowest BCUT2D eigenvalue weighted by Crippen LogP contribution is -2.05. The van der Waals surface area contributed by atoms with Crippen molar-refractivity contribution in [3.8, 4) is 0 Å². The smallest absolute Gasteiger partial charge is 0.0399 e. The number of benzene rings is 1. The van der Waals surface area contributed by atoms with Crippen LogP contribution in [0.4, 0.5) is 5.69 Å². The van der Waals surface area contributed by atoms with Crippen molar-refractivity contribution >= 4 is 5.69 Å². The number of aryl methyl sites for hydroxylation is 2. The van der Waals surface area contributed by atoms with Gasteiger partial charge in [-0.05, 0) is 37.0 Å². The Balaban J connectivity index is 2.93. The summed E-state index contributed by atoms with van der Waals surface area (Å²) in [5.41, 5.74) is 10.7. The number of nitrogens with two attached hydrogens (primary N) is 1. The van der Waals surface area contributed by atoms with Crippen molar-refractivity contribution in [2.75, 3.05) is 11.9 Å². The van der Waals surface area contributed by atoms with Crippen LogP contribution in [0.3, 0.4) is 0 Å². The van der Waals surface area contributed by atoms with Crippen LogP contribution in [0.2, 0.25) is 0 Å². The molecule has 0 amide bonds. The third-order valence-electron chi connectivity index (χ3n) is 2.38.